The van der Waals surface area contributed by atoms with E-state index in [0.717, 1.165) is 11.4 Å². The fraction of sp³-hybridized carbons (Fsp3) is 0.154. The van der Waals surface area contributed by atoms with Gasteiger partial charge in [-0.2, -0.15) is 0 Å². The lowest BCUT2D eigenvalue weighted by molar-refractivity contribution is 0.0963. The van der Waals surface area contributed by atoms with E-state index in [4.69, 9.17) is 10.2 Å². The summed E-state index contributed by atoms with van der Waals surface area (Å²) in [6.07, 6.45) is 1.62. The topological polar surface area (TPSA) is 80.3 Å². The number of nitrogens with two attached hydrogens (primary N) is 1. The fourth-order valence-corrected chi connectivity index (χ4v) is 1.60. The first-order valence-electron chi connectivity index (χ1n) is 5.58. The van der Waals surface area contributed by atoms with E-state index < -0.39 is 0 Å². The molecule has 0 spiro atoms. The quantitative estimate of drug-likeness (QED) is 0.718. The Morgan fingerprint density at radius 2 is 2.22 bits per heavy atom. The van der Waals surface area contributed by atoms with Gasteiger partial charge in [0.05, 0.1) is 24.2 Å². The van der Waals surface area contributed by atoms with Crippen LogP contribution < -0.4 is 16.4 Å². The molecule has 1 heterocycles. The molecule has 0 fully saturated rings. The molecular formula is C13H15N3O2. The number of carbonyl (C=O) groups excluding carboxylic acids is 1. The summed E-state index contributed by atoms with van der Waals surface area (Å²) >= 11 is 0. The molecular weight excluding hydrogens is 230 g/mol. The summed E-state index contributed by atoms with van der Waals surface area (Å²) in [5.74, 6) is 0.670. The van der Waals surface area contributed by atoms with Crippen LogP contribution in [0.1, 0.15) is 16.1 Å². The standard InChI is InChI=1S/C13H15N3O2/c1-15-13(17)9-4-5-12(11(14)7-9)16-8-10-3-2-6-18-10/h2-7,16H,8,14H2,1H3,(H,15,17). The van der Waals surface area contributed by atoms with Crippen LogP contribution in [-0.2, 0) is 6.54 Å². The van der Waals surface area contributed by atoms with Gasteiger partial charge in [0.25, 0.3) is 5.91 Å². The molecule has 0 aliphatic rings. The van der Waals surface area contributed by atoms with Crippen LogP contribution in [0, 0.1) is 0 Å². The van der Waals surface area contributed by atoms with Gasteiger partial charge >= 0.3 is 0 Å². The third-order valence-corrected chi connectivity index (χ3v) is 2.57. The van der Waals surface area contributed by atoms with Crippen LogP contribution in [0.5, 0.6) is 0 Å². The second kappa shape index (κ2) is 5.27. The van der Waals surface area contributed by atoms with Crippen molar-refractivity contribution in [3.8, 4) is 0 Å². The molecule has 0 bridgehead atoms. The summed E-state index contributed by atoms with van der Waals surface area (Å²) in [6, 6.07) is 8.85. The summed E-state index contributed by atoms with van der Waals surface area (Å²) in [5, 5.41) is 5.70. The molecule has 94 valence electrons. The average Bonchev–Trinajstić information content (AvgIpc) is 2.89. The van der Waals surface area contributed by atoms with Crippen LogP contribution in [-0.4, -0.2) is 13.0 Å². The van der Waals surface area contributed by atoms with Crippen LogP contribution in [0.4, 0.5) is 11.4 Å². The van der Waals surface area contributed by atoms with Gasteiger partial charge in [-0.3, -0.25) is 4.79 Å². The van der Waals surface area contributed by atoms with Gasteiger partial charge in [-0.05, 0) is 30.3 Å². The van der Waals surface area contributed by atoms with Crippen LogP contribution in [0.15, 0.2) is 41.0 Å². The van der Waals surface area contributed by atoms with Crippen LogP contribution in [0.2, 0.25) is 0 Å². The molecule has 5 nitrogen and oxygen atoms in total. The minimum atomic E-state index is -0.153. The maximum absolute atomic E-state index is 11.4. The highest BCUT2D eigenvalue weighted by Gasteiger charge is 2.06. The minimum absolute atomic E-state index is 0.153. The van der Waals surface area contributed by atoms with Crippen molar-refractivity contribution in [2.45, 2.75) is 6.54 Å². The zero-order valence-corrected chi connectivity index (χ0v) is 10.1. The number of furan rings is 1. The summed E-state index contributed by atoms with van der Waals surface area (Å²) < 4.78 is 5.21. The van der Waals surface area contributed by atoms with E-state index in [1.165, 1.54) is 0 Å². The van der Waals surface area contributed by atoms with E-state index in [2.05, 4.69) is 10.6 Å². The Labute approximate surface area is 105 Å². The lowest BCUT2D eigenvalue weighted by atomic mass is 10.1. The van der Waals surface area contributed by atoms with Crippen molar-refractivity contribution >= 4 is 17.3 Å². The zero-order valence-electron chi connectivity index (χ0n) is 10.1. The van der Waals surface area contributed by atoms with Gasteiger partial charge < -0.3 is 20.8 Å². The summed E-state index contributed by atoms with van der Waals surface area (Å²) in [7, 11) is 1.58. The molecule has 4 N–H and O–H groups in total. The van der Waals surface area contributed by atoms with E-state index in [-0.39, 0.29) is 5.91 Å². The number of hydrogen-bond donors (Lipinski definition) is 3. The highest BCUT2D eigenvalue weighted by Crippen LogP contribution is 2.20. The number of nitrogen functional groups attached to an aromatic ring is 1. The number of carbonyl (C=O) groups is 1. The lowest BCUT2D eigenvalue weighted by Gasteiger charge is -2.09. The van der Waals surface area contributed by atoms with Gasteiger partial charge in [0.15, 0.2) is 0 Å². The number of hydrogen-bond acceptors (Lipinski definition) is 4. The van der Waals surface area contributed by atoms with Crippen molar-refractivity contribution < 1.29 is 9.21 Å². The largest absolute Gasteiger partial charge is 0.467 e. The molecule has 0 aliphatic heterocycles. The third-order valence-electron chi connectivity index (χ3n) is 2.57. The van der Waals surface area contributed by atoms with Crippen molar-refractivity contribution in [3.63, 3.8) is 0 Å². The average molecular weight is 245 g/mol. The fourth-order valence-electron chi connectivity index (χ4n) is 1.60. The summed E-state index contributed by atoms with van der Waals surface area (Å²) in [6.45, 7) is 0.552. The third kappa shape index (κ3) is 2.63. The molecule has 0 saturated heterocycles. The maximum Gasteiger partial charge on any atom is 0.251 e. The van der Waals surface area contributed by atoms with Gasteiger partial charge in [-0.1, -0.05) is 0 Å². The van der Waals surface area contributed by atoms with Crippen molar-refractivity contribution in [2.24, 2.45) is 0 Å². The van der Waals surface area contributed by atoms with Gasteiger partial charge in [0.1, 0.15) is 5.76 Å². The number of rotatable bonds is 4. The minimum Gasteiger partial charge on any atom is -0.467 e. The monoisotopic (exact) mass is 245 g/mol. The van der Waals surface area contributed by atoms with Gasteiger partial charge in [0.2, 0.25) is 0 Å². The molecule has 1 aromatic carbocycles. The Kier molecular flexibility index (Phi) is 3.52. The molecule has 18 heavy (non-hydrogen) atoms. The normalized spacial score (nSPS) is 10.1. The molecule has 2 aromatic rings. The van der Waals surface area contributed by atoms with E-state index in [9.17, 15) is 4.79 Å². The molecule has 0 atom stereocenters. The number of amides is 1. The van der Waals surface area contributed by atoms with E-state index in [1.54, 1.807) is 31.5 Å². The number of benzene rings is 1. The molecule has 0 aliphatic carbocycles. The second-order valence-corrected chi connectivity index (χ2v) is 3.81. The predicted molar refractivity (Wildman–Crippen MR) is 70.3 cm³/mol. The Morgan fingerprint density at radius 3 is 2.83 bits per heavy atom. The van der Waals surface area contributed by atoms with Crippen molar-refractivity contribution in [1.29, 1.82) is 0 Å². The van der Waals surface area contributed by atoms with Gasteiger partial charge in [-0.15, -0.1) is 0 Å². The molecule has 0 radical (unpaired) electrons. The van der Waals surface area contributed by atoms with Gasteiger partial charge in [0, 0.05) is 12.6 Å². The number of anilines is 2. The smallest absolute Gasteiger partial charge is 0.251 e. The Balaban J connectivity index is 2.08. The summed E-state index contributed by atoms with van der Waals surface area (Å²) in [4.78, 5) is 11.4. The molecule has 1 aromatic heterocycles. The summed E-state index contributed by atoms with van der Waals surface area (Å²) in [5.41, 5.74) is 7.73. The Hall–Kier alpha value is -2.43. The molecule has 1 amide bonds. The van der Waals surface area contributed by atoms with Crippen molar-refractivity contribution in [1.82, 2.24) is 5.32 Å². The van der Waals surface area contributed by atoms with E-state index in [1.807, 2.05) is 12.1 Å². The highest BCUT2D eigenvalue weighted by molar-refractivity contribution is 5.95. The molecule has 5 heteroatoms. The Bertz CT molecular complexity index is 535. The second-order valence-electron chi connectivity index (χ2n) is 3.81. The first-order chi connectivity index (χ1) is 8.70. The molecule has 2 rings (SSSR count). The van der Waals surface area contributed by atoms with E-state index >= 15 is 0 Å². The first kappa shape index (κ1) is 12.0. The number of nitrogens with one attached hydrogen (secondary N) is 2. The predicted octanol–water partition coefficient (Wildman–Crippen LogP) is 1.83. The first-order valence-corrected chi connectivity index (χ1v) is 5.58. The van der Waals surface area contributed by atoms with Crippen LogP contribution in [0.25, 0.3) is 0 Å². The zero-order chi connectivity index (χ0) is 13.0. The maximum atomic E-state index is 11.4. The molecule has 0 saturated carbocycles. The SMILES string of the molecule is CNC(=O)c1ccc(NCc2ccco2)c(N)c1. The highest BCUT2D eigenvalue weighted by atomic mass is 16.3. The van der Waals surface area contributed by atoms with E-state index in [0.29, 0.717) is 17.8 Å². The van der Waals surface area contributed by atoms with Crippen molar-refractivity contribution in [3.05, 3.63) is 47.9 Å². The van der Waals surface area contributed by atoms with Crippen molar-refractivity contribution in [2.75, 3.05) is 18.1 Å². The van der Waals surface area contributed by atoms with Gasteiger partial charge in [-0.25, -0.2) is 0 Å². The molecule has 0 unspecified atom stereocenters. The Morgan fingerprint density at radius 1 is 1.39 bits per heavy atom. The lowest BCUT2D eigenvalue weighted by Crippen LogP contribution is -2.18. The van der Waals surface area contributed by atoms with Crippen LogP contribution >= 0.6 is 0 Å². The van der Waals surface area contributed by atoms with Crippen LogP contribution in [0.3, 0.4) is 0 Å².